The molecule has 5 nitrogen and oxygen atoms in total. The first-order valence-corrected chi connectivity index (χ1v) is 8.33. The summed E-state index contributed by atoms with van der Waals surface area (Å²) in [5, 5.41) is 11.1. The third-order valence-corrected chi connectivity index (χ3v) is 3.88. The molecule has 26 heavy (non-hydrogen) atoms. The monoisotopic (exact) mass is 461 g/mol. The molecule has 0 radical (unpaired) electrons. The maximum atomic E-state index is 4.41. The number of benzene rings is 2. The zero-order valence-electron chi connectivity index (χ0n) is 15.0. The highest BCUT2D eigenvalue weighted by Gasteiger charge is 2.03. The lowest BCUT2D eigenvalue weighted by atomic mass is 10.1. The molecule has 1 aromatic heterocycles. The van der Waals surface area contributed by atoms with Gasteiger partial charge >= 0.3 is 0 Å². The molecule has 2 N–H and O–H groups in total. The van der Waals surface area contributed by atoms with E-state index in [1.165, 1.54) is 11.1 Å². The fraction of sp³-hybridized carbons (Fsp3) is 0.200. The molecule has 0 aliphatic carbocycles. The summed E-state index contributed by atoms with van der Waals surface area (Å²) in [6.07, 6.45) is 3.89. The molecule has 0 saturated carbocycles. The lowest BCUT2D eigenvalue weighted by Crippen LogP contribution is -2.36. The Morgan fingerprint density at radius 2 is 1.73 bits per heavy atom. The van der Waals surface area contributed by atoms with Crippen LogP contribution in [0.5, 0.6) is 0 Å². The second kappa shape index (κ2) is 9.96. The van der Waals surface area contributed by atoms with Gasteiger partial charge in [-0.05, 0) is 24.6 Å². The highest BCUT2D eigenvalue weighted by atomic mass is 127. The third-order valence-electron chi connectivity index (χ3n) is 3.88. The second-order valence-corrected chi connectivity index (χ2v) is 5.90. The minimum absolute atomic E-state index is 0. The fourth-order valence-corrected chi connectivity index (χ4v) is 2.59. The number of rotatable bonds is 5. The summed E-state index contributed by atoms with van der Waals surface area (Å²) in [6.45, 7) is 3.51. The van der Waals surface area contributed by atoms with Gasteiger partial charge in [0, 0.05) is 31.9 Å². The fourth-order valence-electron chi connectivity index (χ4n) is 2.59. The Kier molecular flexibility index (Phi) is 7.65. The van der Waals surface area contributed by atoms with Gasteiger partial charge in [-0.2, -0.15) is 5.10 Å². The highest BCUT2D eigenvalue weighted by molar-refractivity contribution is 14.0. The Labute approximate surface area is 171 Å². The summed E-state index contributed by atoms with van der Waals surface area (Å²) >= 11 is 0. The van der Waals surface area contributed by atoms with E-state index in [4.69, 9.17) is 0 Å². The molecule has 0 aliphatic rings. The molecule has 1 heterocycles. The highest BCUT2D eigenvalue weighted by Crippen LogP contribution is 2.07. The molecule has 0 amide bonds. The average molecular weight is 461 g/mol. The van der Waals surface area contributed by atoms with Gasteiger partial charge in [0.25, 0.3) is 0 Å². The van der Waals surface area contributed by atoms with Gasteiger partial charge < -0.3 is 10.6 Å². The van der Waals surface area contributed by atoms with Gasteiger partial charge in [0.1, 0.15) is 0 Å². The Balaban J connectivity index is 0.00000243. The predicted octanol–water partition coefficient (Wildman–Crippen LogP) is 3.66. The molecule has 6 heteroatoms. The van der Waals surface area contributed by atoms with E-state index in [0.29, 0.717) is 6.54 Å². The van der Waals surface area contributed by atoms with Crippen molar-refractivity contribution in [2.24, 2.45) is 4.99 Å². The van der Waals surface area contributed by atoms with Gasteiger partial charge in [0.15, 0.2) is 5.96 Å². The SMILES string of the molecule is CN=C(NCc1cccc(C)c1)NCc1cnn(-c2ccccc2)c1.I. The van der Waals surface area contributed by atoms with Crippen LogP contribution >= 0.6 is 24.0 Å². The molecule has 0 fully saturated rings. The first kappa shape index (κ1) is 20.0. The van der Waals surface area contributed by atoms with Crippen molar-refractivity contribution >= 4 is 29.9 Å². The molecule has 0 atom stereocenters. The maximum Gasteiger partial charge on any atom is 0.191 e. The smallest absolute Gasteiger partial charge is 0.191 e. The largest absolute Gasteiger partial charge is 0.352 e. The van der Waals surface area contributed by atoms with Gasteiger partial charge in [-0.25, -0.2) is 4.68 Å². The molecule has 2 aromatic carbocycles. The van der Waals surface area contributed by atoms with Crippen LogP contribution in [-0.4, -0.2) is 22.8 Å². The molecule has 136 valence electrons. The van der Waals surface area contributed by atoms with Crippen molar-refractivity contribution in [2.75, 3.05) is 7.05 Å². The number of nitrogens with zero attached hydrogens (tertiary/aromatic N) is 3. The Bertz CT molecular complexity index is 842. The van der Waals surface area contributed by atoms with Crippen LogP contribution in [0, 0.1) is 6.92 Å². The van der Waals surface area contributed by atoms with E-state index in [1.807, 2.05) is 47.4 Å². The number of halogens is 1. The van der Waals surface area contributed by atoms with Crippen LogP contribution in [0.2, 0.25) is 0 Å². The topological polar surface area (TPSA) is 54.2 Å². The van der Waals surface area contributed by atoms with E-state index in [9.17, 15) is 0 Å². The molecule has 0 unspecified atom stereocenters. The van der Waals surface area contributed by atoms with Crippen LogP contribution < -0.4 is 10.6 Å². The third kappa shape index (κ3) is 5.59. The van der Waals surface area contributed by atoms with E-state index in [2.05, 4.69) is 51.9 Å². The number of hydrogen-bond donors (Lipinski definition) is 2. The van der Waals surface area contributed by atoms with Crippen LogP contribution in [0.3, 0.4) is 0 Å². The molecular formula is C20H24IN5. The molecule has 0 aliphatic heterocycles. The van der Waals surface area contributed by atoms with Gasteiger partial charge in [0.05, 0.1) is 11.9 Å². The van der Waals surface area contributed by atoms with Gasteiger partial charge in [0.2, 0.25) is 0 Å². The first-order valence-electron chi connectivity index (χ1n) is 8.33. The summed E-state index contributed by atoms with van der Waals surface area (Å²) in [5.74, 6) is 0.772. The van der Waals surface area contributed by atoms with Crippen LogP contribution in [0.25, 0.3) is 5.69 Å². The van der Waals surface area contributed by atoms with Crippen molar-refractivity contribution in [2.45, 2.75) is 20.0 Å². The number of para-hydroxylation sites is 1. The molecule has 3 rings (SSSR count). The minimum atomic E-state index is 0. The van der Waals surface area contributed by atoms with Crippen molar-refractivity contribution < 1.29 is 0 Å². The van der Waals surface area contributed by atoms with E-state index < -0.39 is 0 Å². The number of guanidine groups is 1. The molecule has 3 aromatic rings. The summed E-state index contributed by atoms with van der Waals surface area (Å²) in [4.78, 5) is 4.27. The van der Waals surface area contributed by atoms with Crippen molar-refractivity contribution in [1.29, 1.82) is 0 Å². The Morgan fingerprint density at radius 1 is 1.00 bits per heavy atom. The zero-order chi connectivity index (χ0) is 17.5. The zero-order valence-corrected chi connectivity index (χ0v) is 17.3. The normalized spacial score (nSPS) is 10.9. The van der Waals surface area contributed by atoms with Crippen LogP contribution in [0.1, 0.15) is 16.7 Å². The number of aromatic nitrogens is 2. The van der Waals surface area contributed by atoms with Crippen LogP contribution in [0.15, 0.2) is 72.0 Å². The number of nitrogens with one attached hydrogen (secondary N) is 2. The lowest BCUT2D eigenvalue weighted by molar-refractivity contribution is 0.808. The van der Waals surface area contributed by atoms with Crippen molar-refractivity contribution in [1.82, 2.24) is 20.4 Å². The van der Waals surface area contributed by atoms with E-state index in [0.717, 1.165) is 23.8 Å². The summed E-state index contributed by atoms with van der Waals surface area (Å²) in [5.41, 5.74) is 4.65. The van der Waals surface area contributed by atoms with E-state index in [1.54, 1.807) is 7.05 Å². The second-order valence-electron chi connectivity index (χ2n) is 5.90. The van der Waals surface area contributed by atoms with E-state index >= 15 is 0 Å². The van der Waals surface area contributed by atoms with Gasteiger partial charge in [-0.15, -0.1) is 24.0 Å². The number of aliphatic imine (C=N–C) groups is 1. The molecule has 0 saturated heterocycles. The molecule has 0 spiro atoms. The minimum Gasteiger partial charge on any atom is -0.352 e. The Morgan fingerprint density at radius 3 is 2.42 bits per heavy atom. The van der Waals surface area contributed by atoms with Crippen LogP contribution in [0.4, 0.5) is 0 Å². The van der Waals surface area contributed by atoms with Crippen molar-refractivity contribution in [3.8, 4) is 5.69 Å². The Hall–Kier alpha value is -2.35. The van der Waals surface area contributed by atoms with Crippen LogP contribution in [-0.2, 0) is 13.1 Å². The predicted molar refractivity (Wildman–Crippen MR) is 117 cm³/mol. The summed E-state index contributed by atoms with van der Waals surface area (Å²) < 4.78 is 1.87. The summed E-state index contributed by atoms with van der Waals surface area (Å²) in [7, 11) is 1.78. The maximum absolute atomic E-state index is 4.41. The lowest BCUT2D eigenvalue weighted by Gasteiger charge is -2.11. The van der Waals surface area contributed by atoms with Gasteiger partial charge in [-0.1, -0.05) is 48.0 Å². The van der Waals surface area contributed by atoms with E-state index in [-0.39, 0.29) is 24.0 Å². The molecule has 0 bridgehead atoms. The summed E-state index contributed by atoms with van der Waals surface area (Å²) in [6, 6.07) is 18.5. The van der Waals surface area contributed by atoms with Crippen molar-refractivity contribution in [3.63, 3.8) is 0 Å². The quantitative estimate of drug-likeness (QED) is 0.347. The van der Waals surface area contributed by atoms with Gasteiger partial charge in [-0.3, -0.25) is 4.99 Å². The average Bonchev–Trinajstić information content (AvgIpc) is 3.12. The first-order chi connectivity index (χ1) is 12.2. The molecular weight excluding hydrogens is 437 g/mol. The number of hydrogen-bond acceptors (Lipinski definition) is 2. The number of aryl methyl sites for hydroxylation is 1. The standard InChI is InChI=1S/C20H23N5.HI/c1-16-7-6-8-17(11-16)12-22-20(21-2)23-13-18-14-24-25(15-18)19-9-4-3-5-10-19;/h3-11,14-15H,12-13H2,1-2H3,(H2,21,22,23);1H. The van der Waals surface area contributed by atoms with Crippen molar-refractivity contribution in [3.05, 3.63) is 83.7 Å².